The van der Waals surface area contributed by atoms with Gasteiger partial charge in [0.25, 0.3) is 0 Å². The van der Waals surface area contributed by atoms with Crippen LogP contribution >= 0.6 is 0 Å². The van der Waals surface area contributed by atoms with Crippen molar-refractivity contribution in [2.45, 2.75) is 32.9 Å². The maximum atomic E-state index is 12.2. The first-order valence-electron chi connectivity index (χ1n) is 7.69. The Morgan fingerprint density at radius 2 is 2.22 bits per heavy atom. The fraction of sp³-hybridized carbons (Fsp3) is 0.625. The molecule has 0 aromatic carbocycles. The Morgan fingerprint density at radius 1 is 1.48 bits per heavy atom. The molecule has 130 valence electrons. The van der Waals surface area contributed by atoms with E-state index in [0.29, 0.717) is 32.8 Å². The number of ether oxygens (including phenoxy) is 2. The van der Waals surface area contributed by atoms with Crippen molar-refractivity contribution in [2.24, 2.45) is 0 Å². The fourth-order valence-corrected chi connectivity index (χ4v) is 1.84. The summed E-state index contributed by atoms with van der Waals surface area (Å²) in [5.74, 6) is 0. The number of methoxy groups -OCH3 is 1. The van der Waals surface area contributed by atoms with Crippen LogP contribution in [0.25, 0.3) is 6.20 Å². The SMILES string of the molecule is C=Cn1cc(CNCCN(CCOC)C(=O)OC(C)(C)C)cn1. The van der Waals surface area contributed by atoms with E-state index in [9.17, 15) is 4.79 Å². The van der Waals surface area contributed by atoms with E-state index in [2.05, 4.69) is 17.0 Å². The van der Waals surface area contributed by atoms with Crippen molar-refractivity contribution in [1.82, 2.24) is 20.0 Å². The lowest BCUT2D eigenvalue weighted by molar-refractivity contribution is 0.0204. The molecule has 0 atom stereocenters. The molecule has 0 radical (unpaired) electrons. The predicted molar refractivity (Wildman–Crippen MR) is 90.0 cm³/mol. The van der Waals surface area contributed by atoms with E-state index >= 15 is 0 Å². The van der Waals surface area contributed by atoms with Crippen LogP contribution in [-0.4, -0.2) is 59.7 Å². The normalized spacial score (nSPS) is 11.3. The summed E-state index contributed by atoms with van der Waals surface area (Å²) < 4.78 is 12.1. The maximum Gasteiger partial charge on any atom is 0.410 e. The second-order valence-electron chi connectivity index (χ2n) is 6.15. The monoisotopic (exact) mass is 324 g/mol. The molecule has 0 spiro atoms. The molecule has 0 aliphatic heterocycles. The van der Waals surface area contributed by atoms with Gasteiger partial charge in [0.05, 0.1) is 12.8 Å². The average Bonchev–Trinajstić information content (AvgIpc) is 2.92. The van der Waals surface area contributed by atoms with Gasteiger partial charge in [-0.1, -0.05) is 6.58 Å². The molecular formula is C16H28N4O3. The topological polar surface area (TPSA) is 68.6 Å². The minimum absolute atomic E-state index is 0.323. The summed E-state index contributed by atoms with van der Waals surface area (Å²) in [4.78, 5) is 13.8. The number of nitrogens with zero attached hydrogens (tertiary/aromatic N) is 3. The lowest BCUT2D eigenvalue weighted by Crippen LogP contribution is -2.42. The van der Waals surface area contributed by atoms with Crippen molar-refractivity contribution in [3.63, 3.8) is 0 Å². The summed E-state index contributed by atoms with van der Waals surface area (Å²) in [6, 6.07) is 0. The molecule has 0 bridgehead atoms. The van der Waals surface area contributed by atoms with Gasteiger partial charge in [-0.2, -0.15) is 5.10 Å². The van der Waals surface area contributed by atoms with Gasteiger partial charge in [0.2, 0.25) is 0 Å². The van der Waals surface area contributed by atoms with Crippen LogP contribution in [0.3, 0.4) is 0 Å². The molecule has 0 saturated carbocycles. The third-order valence-corrected chi connectivity index (χ3v) is 2.95. The summed E-state index contributed by atoms with van der Waals surface area (Å²) in [6.45, 7) is 12.1. The van der Waals surface area contributed by atoms with E-state index < -0.39 is 5.60 Å². The molecule has 0 saturated heterocycles. The average molecular weight is 324 g/mol. The zero-order chi connectivity index (χ0) is 17.3. The molecule has 1 amide bonds. The molecule has 1 N–H and O–H groups in total. The molecule has 7 heteroatoms. The van der Waals surface area contributed by atoms with Crippen molar-refractivity contribution < 1.29 is 14.3 Å². The standard InChI is InChI=1S/C16H28N4O3/c1-6-20-13-14(12-18-20)11-17-7-8-19(9-10-22-5)15(21)23-16(2,3)4/h6,12-13,17H,1,7-11H2,2-5H3. The van der Waals surface area contributed by atoms with Gasteiger partial charge in [0.15, 0.2) is 0 Å². The number of hydrogen-bond acceptors (Lipinski definition) is 5. The van der Waals surface area contributed by atoms with Gasteiger partial charge in [-0.15, -0.1) is 0 Å². The molecule has 0 unspecified atom stereocenters. The van der Waals surface area contributed by atoms with Gasteiger partial charge < -0.3 is 19.7 Å². The maximum absolute atomic E-state index is 12.2. The second-order valence-corrected chi connectivity index (χ2v) is 6.15. The van der Waals surface area contributed by atoms with Crippen LogP contribution in [0.2, 0.25) is 0 Å². The summed E-state index contributed by atoms with van der Waals surface area (Å²) in [6.07, 6.45) is 5.00. The molecule has 0 fully saturated rings. The molecule has 1 rings (SSSR count). The Hall–Kier alpha value is -1.86. The van der Waals surface area contributed by atoms with Gasteiger partial charge in [-0.25, -0.2) is 9.48 Å². The number of carbonyl (C=O) groups excluding carboxylic acids is 1. The van der Waals surface area contributed by atoms with E-state index in [4.69, 9.17) is 9.47 Å². The van der Waals surface area contributed by atoms with E-state index in [1.54, 1.807) is 29.1 Å². The van der Waals surface area contributed by atoms with Crippen molar-refractivity contribution in [3.05, 3.63) is 24.5 Å². The van der Waals surface area contributed by atoms with Crippen LogP contribution in [0, 0.1) is 0 Å². The predicted octanol–water partition coefficient (Wildman–Crippen LogP) is 1.96. The van der Waals surface area contributed by atoms with Gasteiger partial charge in [-0.3, -0.25) is 0 Å². The zero-order valence-corrected chi connectivity index (χ0v) is 14.5. The van der Waals surface area contributed by atoms with E-state index in [1.165, 1.54) is 0 Å². The minimum atomic E-state index is -0.505. The Morgan fingerprint density at radius 3 is 2.78 bits per heavy atom. The number of carbonyl (C=O) groups is 1. The molecule has 7 nitrogen and oxygen atoms in total. The summed E-state index contributed by atoms with van der Waals surface area (Å²) in [5, 5.41) is 7.40. The van der Waals surface area contributed by atoms with E-state index in [-0.39, 0.29) is 6.09 Å². The van der Waals surface area contributed by atoms with Crippen molar-refractivity contribution in [2.75, 3.05) is 33.4 Å². The van der Waals surface area contributed by atoms with Crippen LogP contribution in [0.1, 0.15) is 26.3 Å². The first-order chi connectivity index (χ1) is 10.9. The quantitative estimate of drug-likeness (QED) is 0.703. The molecular weight excluding hydrogens is 296 g/mol. The third-order valence-electron chi connectivity index (χ3n) is 2.95. The van der Waals surface area contributed by atoms with Crippen LogP contribution in [0.4, 0.5) is 4.79 Å². The molecule has 1 heterocycles. The summed E-state index contributed by atoms with van der Waals surface area (Å²) in [5.41, 5.74) is 0.556. The number of amides is 1. The fourth-order valence-electron chi connectivity index (χ4n) is 1.84. The lowest BCUT2D eigenvalue weighted by atomic mass is 10.2. The number of nitrogens with one attached hydrogen (secondary N) is 1. The Bertz CT molecular complexity index is 494. The van der Waals surface area contributed by atoms with Crippen LogP contribution in [-0.2, 0) is 16.0 Å². The van der Waals surface area contributed by atoms with Gasteiger partial charge >= 0.3 is 6.09 Å². The van der Waals surface area contributed by atoms with Crippen LogP contribution in [0.5, 0.6) is 0 Å². The number of aromatic nitrogens is 2. The highest BCUT2D eigenvalue weighted by Gasteiger charge is 2.21. The Kier molecular flexibility index (Phi) is 7.77. The molecule has 1 aromatic rings. The van der Waals surface area contributed by atoms with Crippen molar-refractivity contribution >= 4 is 12.3 Å². The highest BCUT2D eigenvalue weighted by atomic mass is 16.6. The highest BCUT2D eigenvalue weighted by molar-refractivity contribution is 5.68. The Labute approximate surface area is 138 Å². The summed E-state index contributed by atoms with van der Waals surface area (Å²) >= 11 is 0. The molecule has 0 aliphatic carbocycles. The first kappa shape index (κ1) is 19.2. The first-order valence-corrected chi connectivity index (χ1v) is 7.69. The molecule has 23 heavy (non-hydrogen) atoms. The van der Waals surface area contributed by atoms with Crippen molar-refractivity contribution in [3.8, 4) is 0 Å². The van der Waals surface area contributed by atoms with Crippen molar-refractivity contribution in [1.29, 1.82) is 0 Å². The highest BCUT2D eigenvalue weighted by Crippen LogP contribution is 2.09. The largest absolute Gasteiger partial charge is 0.444 e. The minimum Gasteiger partial charge on any atom is -0.444 e. The van der Waals surface area contributed by atoms with Gasteiger partial charge in [0, 0.05) is 51.2 Å². The van der Waals surface area contributed by atoms with Crippen LogP contribution in [0.15, 0.2) is 19.0 Å². The number of hydrogen-bond donors (Lipinski definition) is 1. The Balaban J connectivity index is 2.40. The lowest BCUT2D eigenvalue weighted by Gasteiger charge is -2.27. The second kappa shape index (κ2) is 9.32. The van der Waals surface area contributed by atoms with Crippen LogP contribution < -0.4 is 5.32 Å². The molecule has 1 aromatic heterocycles. The van der Waals surface area contributed by atoms with Gasteiger partial charge in [0.1, 0.15) is 5.60 Å². The van der Waals surface area contributed by atoms with E-state index in [0.717, 1.165) is 5.56 Å². The van der Waals surface area contributed by atoms with Gasteiger partial charge in [-0.05, 0) is 20.8 Å². The van der Waals surface area contributed by atoms with E-state index in [1.807, 2.05) is 27.0 Å². The summed E-state index contributed by atoms with van der Waals surface area (Å²) in [7, 11) is 1.61. The zero-order valence-electron chi connectivity index (χ0n) is 14.5. The molecule has 0 aliphatic rings. The number of rotatable bonds is 9. The third kappa shape index (κ3) is 7.80. The smallest absolute Gasteiger partial charge is 0.410 e.